The van der Waals surface area contributed by atoms with Gasteiger partial charge in [-0.25, -0.2) is 0 Å². The van der Waals surface area contributed by atoms with E-state index in [1.807, 2.05) is 19.1 Å². The van der Waals surface area contributed by atoms with E-state index in [-0.39, 0.29) is 12.1 Å². The Labute approximate surface area is 165 Å². The molecule has 1 aromatic heterocycles. The smallest absolute Gasteiger partial charge is 0.322 e. The Morgan fingerprint density at radius 3 is 2.38 bits per heavy atom. The monoisotopic (exact) mass is 400 g/mol. The second-order valence-electron chi connectivity index (χ2n) is 6.59. The van der Waals surface area contributed by atoms with E-state index in [2.05, 4.69) is 5.32 Å². The minimum Gasteiger partial charge on any atom is -0.322 e. The summed E-state index contributed by atoms with van der Waals surface area (Å²) in [5.74, 6) is -0.410. The molecule has 0 aliphatic rings. The fraction of sp³-hybridized carbons (Fsp3) is 0.182. The first kappa shape index (κ1) is 20.4. The average Bonchev–Trinajstić information content (AvgIpc) is 2.70. The number of benzene rings is 2. The fourth-order valence-corrected chi connectivity index (χ4v) is 2.86. The molecule has 2 aromatic carbocycles. The second-order valence-corrected chi connectivity index (χ2v) is 6.59. The Bertz CT molecular complexity index is 1070. The summed E-state index contributed by atoms with van der Waals surface area (Å²) in [6.07, 6.45) is -2.23. The number of amides is 1. The zero-order valence-electron chi connectivity index (χ0n) is 15.7. The number of aryl methyl sites for hydroxylation is 1. The maximum atomic E-state index is 12.9. The van der Waals surface area contributed by atoms with Gasteiger partial charge < -0.3 is 9.88 Å². The molecule has 1 heterocycles. The van der Waals surface area contributed by atoms with Crippen LogP contribution in [0.1, 0.15) is 34.0 Å². The predicted molar refractivity (Wildman–Crippen MR) is 105 cm³/mol. The number of rotatable bonds is 5. The van der Waals surface area contributed by atoms with Crippen LogP contribution < -0.4 is 10.9 Å². The Balaban J connectivity index is 1.80. The molecule has 4 nitrogen and oxygen atoms in total. The molecule has 29 heavy (non-hydrogen) atoms. The molecule has 0 saturated carbocycles. The molecule has 3 rings (SSSR count). The quantitative estimate of drug-likeness (QED) is 0.673. The van der Waals surface area contributed by atoms with Crippen molar-refractivity contribution in [1.29, 1.82) is 0 Å². The van der Waals surface area contributed by atoms with Crippen molar-refractivity contribution < 1.29 is 18.0 Å². The van der Waals surface area contributed by atoms with Crippen LogP contribution in [0.4, 0.5) is 18.9 Å². The topological polar surface area (TPSA) is 51.1 Å². The zero-order valence-corrected chi connectivity index (χ0v) is 15.7. The summed E-state index contributed by atoms with van der Waals surface area (Å²) < 4.78 is 39.9. The number of anilines is 1. The number of carbonyl (C=O) groups is 1. The maximum absolute atomic E-state index is 12.9. The van der Waals surface area contributed by atoms with Gasteiger partial charge in [0.05, 0.1) is 17.7 Å². The highest BCUT2D eigenvalue weighted by Crippen LogP contribution is 2.29. The van der Waals surface area contributed by atoms with Crippen molar-refractivity contribution in [3.63, 3.8) is 0 Å². The number of nitrogens with zero attached hydrogens (tertiary/aromatic N) is 1. The van der Waals surface area contributed by atoms with E-state index in [0.717, 1.165) is 24.1 Å². The van der Waals surface area contributed by atoms with Crippen molar-refractivity contribution in [2.45, 2.75) is 26.1 Å². The van der Waals surface area contributed by atoms with Crippen molar-refractivity contribution in [2.75, 3.05) is 5.32 Å². The number of halogens is 3. The summed E-state index contributed by atoms with van der Waals surface area (Å²) >= 11 is 0. The first-order valence-corrected chi connectivity index (χ1v) is 9.03. The highest BCUT2D eigenvalue weighted by molar-refractivity contribution is 6.04. The SMILES string of the molecule is CCc1ccc(NC(=O)c2ccc(=O)n(Cc3cccc(C(F)(F)F)c3)c2)cc1. The molecular formula is C22H19F3N2O2. The zero-order chi connectivity index (χ0) is 21.0. The molecule has 1 N–H and O–H groups in total. The summed E-state index contributed by atoms with van der Waals surface area (Å²) in [5.41, 5.74) is 1.10. The number of hydrogen-bond donors (Lipinski definition) is 1. The van der Waals surface area contributed by atoms with Gasteiger partial charge in [-0.1, -0.05) is 31.2 Å². The van der Waals surface area contributed by atoms with Crippen LogP contribution in [0.15, 0.2) is 71.7 Å². The summed E-state index contributed by atoms with van der Waals surface area (Å²) in [4.78, 5) is 24.6. The molecule has 7 heteroatoms. The molecular weight excluding hydrogens is 381 g/mol. The van der Waals surface area contributed by atoms with Crippen LogP contribution in [0, 0.1) is 0 Å². The molecule has 0 aliphatic heterocycles. The van der Waals surface area contributed by atoms with Gasteiger partial charge in [0.2, 0.25) is 0 Å². The van der Waals surface area contributed by atoms with E-state index < -0.39 is 23.2 Å². The summed E-state index contributed by atoms with van der Waals surface area (Å²) in [5, 5.41) is 2.75. The average molecular weight is 400 g/mol. The van der Waals surface area contributed by atoms with Gasteiger partial charge in [0, 0.05) is 18.0 Å². The Hall–Kier alpha value is -3.35. The molecule has 0 atom stereocenters. The van der Waals surface area contributed by atoms with Gasteiger partial charge in [0.15, 0.2) is 0 Å². The number of alkyl halides is 3. The lowest BCUT2D eigenvalue weighted by atomic mass is 10.1. The predicted octanol–water partition coefficient (Wildman–Crippen LogP) is 4.73. The van der Waals surface area contributed by atoms with E-state index in [1.54, 1.807) is 12.1 Å². The standard InChI is InChI=1S/C22H19F3N2O2/c1-2-15-6-9-19(10-7-15)26-21(29)17-8-11-20(28)27(14-17)13-16-4-3-5-18(12-16)22(23,24)25/h3-12,14H,2,13H2,1H3,(H,26,29). The van der Waals surface area contributed by atoms with Gasteiger partial charge in [-0.2, -0.15) is 13.2 Å². The molecule has 0 radical (unpaired) electrons. The molecule has 3 aromatic rings. The van der Waals surface area contributed by atoms with Crippen LogP contribution in [0.25, 0.3) is 0 Å². The van der Waals surface area contributed by atoms with Crippen molar-refractivity contribution in [3.8, 4) is 0 Å². The lowest BCUT2D eigenvalue weighted by molar-refractivity contribution is -0.137. The molecule has 0 aliphatic carbocycles. The largest absolute Gasteiger partial charge is 0.416 e. The number of hydrogen-bond acceptors (Lipinski definition) is 2. The molecule has 0 spiro atoms. The van der Waals surface area contributed by atoms with Crippen LogP contribution in [0.2, 0.25) is 0 Å². The highest BCUT2D eigenvalue weighted by atomic mass is 19.4. The van der Waals surface area contributed by atoms with E-state index in [0.29, 0.717) is 11.3 Å². The number of carbonyl (C=O) groups excluding carboxylic acids is 1. The van der Waals surface area contributed by atoms with Crippen molar-refractivity contribution in [2.24, 2.45) is 0 Å². The minimum atomic E-state index is -4.46. The van der Waals surface area contributed by atoms with Gasteiger partial charge in [-0.15, -0.1) is 0 Å². The van der Waals surface area contributed by atoms with Crippen LogP contribution in [-0.2, 0) is 19.1 Å². The van der Waals surface area contributed by atoms with Gasteiger partial charge in [-0.05, 0) is 47.9 Å². The first-order chi connectivity index (χ1) is 13.8. The number of pyridine rings is 1. The van der Waals surface area contributed by atoms with E-state index >= 15 is 0 Å². The Morgan fingerprint density at radius 2 is 1.72 bits per heavy atom. The third-order valence-electron chi connectivity index (χ3n) is 4.47. The summed E-state index contributed by atoms with van der Waals surface area (Å²) in [6.45, 7) is 1.95. The van der Waals surface area contributed by atoms with E-state index in [4.69, 9.17) is 0 Å². The third-order valence-corrected chi connectivity index (χ3v) is 4.47. The Kier molecular flexibility index (Phi) is 5.87. The lowest BCUT2D eigenvalue weighted by Gasteiger charge is -2.11. The van der Waals surface area contributed by atoms with Gasteiger partial charge >= 0.3 is 6.18 Å². The lowest BCUT2D eigenvalue weighted by Crippen LogP contribution is -2.22. The number of aromatic nitrogens is 1. The summed E-state index contributed by atoms with van der Waals surface area (Å²) in [7, 11) is 0. The Morgan fingerprint density at radius 1 is 1.00 bits per heavy atom. The number of nitrogens with one attached hydrogen (secondary N) is 1. The minimum absolute atomic E-state index is 0.0743. The molecule has 0 bridgehead atoms. The molecule has 0 unspecified atom stereocenters. The first-order valence-electron chi connectivity index (χ1n) is 9.03. The molecule has 1 amide bonds. The van der Waals surface area contributed by atoms with E-state index in [1.165, 1.54) is 35.0 Å². The normalized spacial score (nSPS) is 11.3. The van der Waals surface area contributed by atoms with Crippen molar-refractivity contribution in [3.05, 3.63) is 99.5 Å². The molecule has 150 valence electrons. The fourth-order valence-electron chi connectivity index (χ4n) is 2.86. The summed E-state index contributed by atoms with van der Waals surface area (Å²) in [6, 6.07) is 14.8. The van der Waals surface area contributed by atoms with Crippen molar-refractivity contribution in [1.82, 2.24) is 4.57 Å². The van der Waals surface area contributed by atoms with Crippen LogP contribution in [0.3, 0.4) is 0 Å². The second kappa shape index (κ2) is 8.34. The van der Waals surface area contributed by atoms with Crippen molar-refractivity contribution >= 4 is 11.6 Å². The van der Waals surface area contributed by atoms with E-state index in [9.17, 15) is 22.8 Å². The molecule has 0 fully saturated rings. The van der Waals surface area contributed by atoms with Gasteiger partial charge in [0.1, 0.15) is 0 Å². The highest BCUT2D eigenvalue weighted by Gasteiger charge is 2.30. The van der Waals surface area contributed by atoms with Gasteiger partial charge in [-0.3, -0.25) is 9.59 Å². The van der Waals surface area contributed by atoms with Gasteiger partial charge in [0.25, 0.3) is 11.5 Å². The molecule has 0 saturated heterocycles. The van der Waals surface area contributed by atoms with Crippen LogP contribution in [-0.4, -0.2) is 10.5 Å². The third kappa shape index (κ3) is 5.13. The maximum Gasteiger partial charge on any atom is 0.416 e. The van der Waals surface area contributed by atoms with Crippen LogP contribution >= 0.6 is 0 Å². The van der Waals surface area contributed by atoms with Crippen LogP contribution in [0.5, 0.6) is 0 Å².